The van der Waals surface area contributed by atoms with Gasteiger partial charge < -0.3 is 15.2 Å². The minimum Gasteiger partial charge on any atom is -0.482 e. The van der Waals surface area contributed by atoms with Crippen LogP contribution in [-0.4, -0.2) is 36.9 Å². The molecule has 0 spiro atoms. The van der Waals surface area contributed by atoms with Gasteiger partial charge in [0.15, 0.2) is 11.6 Å². The maximum atomic E-state index is 14.3. The monoisotopic (exact) mass is 461 g/mol. The van der Waals surface area contributed by atoms with E-state index in [2.05, 4.69) is 20.4 Å². The highest BCUT2D eigenvalue weighted by Crippen LogP contribution is 2.37. The van der Waals surface area contributed by atoms with E-state index in [1.807, 2.05) is 23.7 Å². The Balaban J connectivity index is 1.60. The molecule has 3 aromatic heterocycles. The molecule has 34 heavy (non-hydrogen) atoms. The predicted octanol–water partition coefficient (Wildman–Crippen LogP) is 3.71. The molecule has 1 fully saturated rings. The average Bonchev–Trinajstić information content (AvgIpc) is 3.42. The number of nitrogens with two attached hydrogens (primary N) is 1. The van der Waals surface area contributed by atoms with Gasteiger partial charge in [-0.15, -0.1) is 10.2 Å². The molecule has 0 unspecified atom stereocenters. The number of halogens is 1. The van der Waals surface area contributed by atoms with E-state index in [0.717, 1.165) is 29.2 Å². The number of hydrogen-bond donors (Lipinski definition) is 1. The van der Waals surface area contributed by atoms with Crippen LogP contribution in [0.5, 0.6) is 11.6 Å². The molecule has 4 aromatic rings. The molecule has 1 saturated carbocycles. The van der Waals surface area contributed by atoms with Gasteiger partial charge in [0.2, 0.25) is 5.88 Å². The highest BCUT2D eigenvalue weighted by Gasteiger charge is 2.28. The molecule has 2 aliphatic rings. The first-order valence-corrected chi connectivity index (χ1v) is 11.3. The zero-order valence-corrected chi connectivity index (χ0v) is 18.9. The number of hydrogen-bond acceptors (Lipinski definition) is 7. The average molecular weight is 462 g/mol. The Kier molecular flexibility index (Phi) is 4.75. The summed E-state index contributed by atoms with van der Waals surface area (Å²) in [6.45, 7) is 2.64. The van der Waals surface area contributed by atoms with Gasteiger partial charge in [0.25, 0.3) is 0 Å². The number of methoxy groups -OCH3 is 1. The lowest BCUT2D eigenvalue weighted by Crippen LogP contribution is -2.14. The summed E-state index contributed by atoms with van der Waals surface area (Å²) in [5.74, 6) is 1.37. The molecular formula is C24H24FN7O2. The maximum absolute atomic E-state index is 14.3. The molecule has 0 radical (unpaired) electrons. The highest BCUT2D eigenvalue weighted by molar-refractivity contribution is 5.67. The number of nitrogen functional groups attached to an aromatic ring is 1. The van der Waals surface area contributed by atoms with E-state index in [4.69, 9.17) is 15.2 Å². The van der Waals surface area contributed by atoms with E-state index in [1.54, 1.807) is 24.1 Å². The molecule has 1 atom stereocenters. The molecule has 9 nitrogen and oxygen atoms in total. The van der Waals surface area contributed by atoms with Crippen molar-refractivity contribution in [1.82, 2.24) is 29.8 Å². The number of benzene rings is 1. The quantitative estimate of drug-likeness (QED) is 0.496. The molecule has 4 heterocycles. The van der Waals surface area contributed by atoms with Gasteiger partial charge in [-0.05, 0) is 49.9 Å². The van der Waals surface area contributed by atoms with Crippen LogP contribution in [0, 0.1) is 11.7 Å². The Bertz CT molecular complexity index is 1390. The standard InChI is InChI=1S/C24H24FN7O2/c1-13-18-8-16(25)5-6-20(18)32-17(10-22(29-32)33-2)9-19-23(31(30-28-19)12-14-3-4-14)15-7-21(34-13)24(26)27-11-15/h5-8,10-11,13-14H,3-4,9,12H2,1-2H3,(H2,26,27)/t13-/m1/s1. The van der Waals surface area contributed by atoms with Gasteiger partial charge >= 0.3 is 0 Å². The van der Waals surface area contributed by atoms with Crippen molar-refractivity contribution in [1.29, 1.82) is 0 Å². The van der Waals surface area contributed by atoms with Crippen molar-refractivity contribution in [3.05, 3.63) is 59.3 Å². The summed E-state index contributed by atoms with van der Waals surface area (Å²) in [7, 11) is 1.57. The van der Waals surface area contributed by atoms with E-state index >= 15 is 0 Å². The Hall–Kier alpha value is -3.95. The summed E-state index contributed by atoms with van der Waals surface area (Å²) < 4.78 is 29.7. The summed E-state index contributed by atoms with van der Waals surface area (Å²) in [6.07, 6.45) is 4.02. The molecule has 6 rings (SSSR count). The molecule has 1 aliphatic heterocycles. The van der Waals surface area contributed by atoms with Gasteiger partial charge in [0, 0.05) is 36.4 Å². The SMILES string of the molecule is COc1cc2n(n1)-c1ccc(F)cc1[C@@H](C)Oc1cc(cnc1N)-c1c(nnn1CC1CC1)C2. The van der Waals surface area contributed by atoms with E-state index in [0.29, 0.717) is 35.2 Å². The molecule has 1 aromatic carbocycles. The van der Waals surface area contributed by atoms with E-state index in [-0.39, 0.29) is 11.6 Å². The lowest BCUT2D eigenvalue weighted by Gasteiger charge is -2.21. The van der Waals surface area contributed by atoms with Crippen molar-refractivity contribution in [2.24, 2.45) is 5.92 Å². The zero-order valence-electron chi connectivity index (χ0n) is 18.9. The van der Waals surface area contributed by atoms with Gasteiger partial charge in [-0.2, -0.15) is 0 Å². The smallest absolute Gasteiger partial charge is 0.233 e. The third-order valence-corrected chi connectivity index (χ3v) is 6.37. The largest absolute Gasteiger partial charge is 0.482 e. The van der Waals surface area contributed by atoms with Crippen LogP contribution in [0.1, 0.15) is 42.8 Å². The van der Waals surface area contributed by atoms with Crippen molar-refractivity contribution in [3.63, 3.8) is 0 Å². The van der Waals surface area contributed by atoms with Crippen LogP contribution in [-0.2, 0) is 13.0 Å². The number of rotatable bonds is 3. The van der Waals surface area contributed by atoms with Crippen molar-refractivity contribution >= 4 is 5.82 Å². The number of ether oxygens (including phenoxy) is 2. The van der Waals surface area contributed by atoms with Crippen molar-refractivity contribution in [3.8, 4) is 28.6 Å². The van der Waals surface area contributed by atoms with E-state index in [9.17, 15) is 4.39 Å². The van der Waals surface area contributed by atoms with Gasteiger partial charge in [-0.25, -0.2) is 18.7 Å². The Morgan fingerprint density at radius 1 is 1.24 bits per heavy atom. The summed E-state index contributed by atoms with van der Waals surface area (Å²) in [6, 6.07) is 8.27. The summed E-state index contributed by atoms with van der Waals surface area (Å²) >= 11 is 0. The van der Waals surface area contributed by atoms with Crippen molar-refractivity contribution < 1.29 is 13.9 Å². The first-order chi connectivity index (χ1) is 16.5. The normalized spacial score (nSPS) is 17.0. The molecule has 10 heteroatoms. The summed E-state index contributed by atoms with van der Waals surface area (Å²) in [5, 5.41) is 13.6. The van der Waals surface area contributed by atoms with Crippen LogP contribution >= 0.6 is 0 Å². The predicted molar refractivity (Wildman–Crippen MR) is 122 cm³/mol. The lowest BCUT2D eigenvalue weighted by atomic mass is 10.0. The summed E-state index contributed by atoms with van der Waals surface area (Å²) in [5.41, 5.74) is 10.8. The highest BCUT2D eigenvalue weighted by atomic mass is 19.1. The Labute approximate surface area is 195 Å². The first-order valence-electron chi connectivity index (χ1n) is 11.3. The number of aromatic nitrogens is 6. The second-order valence-corrected chi connectivity index (χ2v) is 8.85. The second-order valence-electron chi connectivity index (χ2n) is 8.85. The van der Waals surface area contributed by atoms with Crippen LogP contribution in [0.4, 0.5) is 10.2 Å². The lowest BCUT2D eigenvalue weighted by molar-refractivity contribution is 0.226. The molecule has 0 saturated heterocycles. The molecular weight excluding hydrogens is 437 g/mol. The fourth-order valence-corrected chi connectivity index (χ4v) is 4.43. The summed E-state index contributed by atoms with van der Waals surface area (Å²) in [4.78, 5) is 4.39. The van der Waals surface area contributed by atoms with Crippen molar-refractivity contribution in [2.75, 3.05) is 12.8 Å². The molecule has 0 amide bonds. The minimum atomic E-state index is -0.526. The number of fused-ring (bicyclic) bond motifs is 7. The third kappa shape index (κ3) is 3.55. The topological polar surface area (TPSA) is 106 Å². The number of nitrogens with zero attached hydrogens (tertiary/aromatic N) is 6. The van der Waals surface area contributed by atoms with E-state index in [1.165, 1.54) is 25.0 Å². The maximum Gasteiger partial charge on any atom is 0.233 e. The number of pyridine rings is 1. The second kappa shape index (κ2) is 7.82. The van der Waals surface area contributed by atoms with Crippen LogP contribution < -0.4 is 15.2 Å². The van der Waals surface area contributed by atoms with Gasteiger partial charge in [-0.3, -0.25) is 0 Å². The molecule has 1 aliphatic carbocycles. The Morgan fingerprint density at radius 2 is 2.09 bits per heavy atom. The van der Waals surface area contributed by atoms with Crippen LogP contribution in [0.15, 0.2) is 36.5 Å². The van der Waals surface area contributed by atoms with Crippen molar-refractivity contribution in [2.45, 2.75) is 38.8 Å². The number of anilines is 1. The minimum absolute atomic E-state index is 0.259. The zero-order chi connectivity index (χ0) is 23.4. The molecule has 2 bridgehead atoms. The third-order valence-electron chi connectivity index (χ3n) is 6.37. The molecule has 174 valence electrons. The van der Waals surface area contributed by atoms with Crippen LogP contribution in [0.2, 0.25) is 0 Å². The van der Waals surface area contributed by atoms with E-state index < -0.39 is 6.10 Å². The van der Waals surface area contributed by atoms with Gasteiger partial charge in [-0.1, -0.05) is 5.21 Å². The Morgan fingerprint density at radius 3 is 2.88 bits per heavy atom. The van der Waals surface area contributed by atoms with Crippen LogP contribution in [0.3, 0.4) is 0 Å². The molecule has 2 N–H and O–H groups in total. The first kappa shape index (κ1) is 20.6. The fraction of sp³-hybridized carbons (Fsp3) is 0.333. The van der Waals surface area contributed by atoms with Gasteiger partial charge in [0.1, 0.15) is 11.9 Å². The fourth-order valence-electron chi connectivity index (χ4n) is 4.43. The van der Waals surface area contributed by atoms with Gasteiger partial charge in [0.05, 0.1) is 29.9 Å². The van der Waals surface area contributed by atoms with Crippen LogP contribution in [0.25, 0.3) is 16.9 Å².